The van der Waals surface area contributed by atoms with E-state index < -0.39 is 11.9 Å². The summed E-state index contributed by atoms with van der Waals surface area (Å²) in [6.45, 7) is 0. The lowest BCUT2D eigenvalue weighted by atomic mass is 10.1. The van der Waals surface area contributed by atoms with Crippen molar-refractivity contribution >= 4 is 11.6 Å². The van der Waals surface area contributed by atoms with Crippen LogP contribution in [0.4, 0.5) is 5.69 Å². The summed E-state index contributed by atoms with van der Waals surface area (Å²) in [5, 5.41) is 3.12. The molecule has 0 saturated heterocycles. The quantitative estimate of drug-likeness (QED) is 0.863. The fraction of sp³-hybridized carbons (Fsp3) is 0.133. The van der Waals surface area contributed by atoms with Gasteiger partial charge in [0.2, 0.25) is 5.91 Å². The molecule has 0 spiro atoms. The summed E-state index contributed by atoms with van der Waals surface area (Å²) in [4.78, 5) is 11.6. The maximum Gasteiger partial charge on any atom is 0.244 e. The number of carbonyl (C=O) groups excluding carboxylic acids is 1. The van der Waals surface area contributed by atoms with E-state index in [2.05, 4.69) is 5.32 Å². The molecule has 0 unspecified atom stereocenters. The molecular weight excluding hydrogens is 240 g/mol. The number of methoxy groups -OCH3 is 1. The minimum atomic E-state index is -0.547. The van der Waals surface area contributed by atoms with Gasteiger partial charge in [-0.05, 0) is 29.8 Å². The highest BCUT2D eigenvalue weighted by Crippen LogP contribution is 2.21. The monoisotopic (exact) mass is 256 g/mol. The fourth-order valence-electron chi connectivity index (χ4n) is 1.82. The molecule has 0 aromatic heterocycles. The number of rotatable bonds is 5. The first-order valence-corrected chi connectivity index (χ1v) is 5.95. The third-order valence-electron chi connectivity index (χ3n) is 2.82. The lowest BCUT2D eigenvalue weighted by Crippen LogP contribution is -2.27. The molecular formula is C15H16N2O2. The maximum atomic E-state index is 11.6. The van der Waals surface area contributed by atoms with E-state index in [9.17, 15) is 4.79 Å². The van der Waals surface area contributed by atoms with Gasteiger partial charge < -0.3 is 15.8 Å². The second-order valence-corrected chi connectivity index (χ2v) is 4.12. The highest BCUT2D eigenvalue weighted by molar-refractivity contribution is 5.84. The molecule has 98 valence electrons. The normalized spacial score (nSPS) is 11.6. The molecule has 4 nitrogen and oxygen atoms in total. The van der Waals surface area contributed by atoms with E-state index in [0.29, 0.717) is 0 Å². The van der Waals surface area contributed by atoms with Gasteiger partial charge in [0.1, 0.15) is 11.8 Å². The molecule has 0 aliphatic rings. The zero-order valence-corrected chi connectivity index (χ0v) is 10.7. The molecule has 0 aliphatic carbocycles. The largest absolute Gasteiger partial charge is 0.497 e. The van der Waals surface area contributed by atoms with Crippen molar-refractivity contribution < 1.29 is 9.53 Å². The Morgan fingerprint density at radius 2 is 1.74 bits per heavy atom. The number of amides is 1. The molecule has 0 aliphatic heterocycles. The Morgan fingerprint density at radius 1 is 1.11 bits per heavy atom. The first kappa shape index (κ1) is 13.0. The molecule has 3 N–H and O–H groups in total. The van der Waals surface area contributed by atoms with E-state index in [0.717, 1.165) is 17.0 Å². The number of hydrogen-bond acceptors (Lipinski definition) is 3. The van der Waals surface area contributed by atoms with Crippen LogP contribution >= 0.6 is 0 Å². The van der Waals surface area contributed by atoms with Crippen LogP contribution in [0.25, 0.3) is 0 Å². The van der Waals surface area contributed by atoms with Gasteiger partial charge in [-0.1, -0.05) is 30.3 Å². The van der Waals surface area contributed by atoms with Crippen molar-refractivity contribution in [3.05, 3.63) is 60.2 Å². The average Bonchev–Trinajstić information content (AvgIpc) is 2.46. The lowest BCUT2D eigenvalue weighted by molar-refractivity contribution is -0.118. The van der Waals surface area contributed by atoms with Gasteiger partial charge in [0, 0.05) is 5.69 Å². The van der Waals surface area contributed by atoms with Gasteiger partial charge in [0.05, 0.1) is 7.11 Å². The molecule has 0 radical (unpaired) electrons. The number of anilines is 1. The van der Waals surface area contributed by atoms with Crippen molar-refractivity contribution in [2.45, 2.75) is 6.04 Å². The van der Waals surface area contributed by atoms with E-state index in [1.54, 1.807) is 7.11 Å². The SMILES string of the molecule is COc1ccc(N[C@H](C(N)=O)c2ccccc2)cc1. The second-order valence-electron chi connectivity index (χ2n) is 4.12. The molecule has 1 amide bonds. The standard InChI is InChI=1S/C15H16N2O2/c1-19-13-9-7-12(8-10-13)17-14(15(16)18)11-5-3-2-4-6-11/h2-10,14,17H,1H3,(H2,16,18)/t14-/m0/s1. The summed E-state index contributed by atoms with van der Waals surface area (Å²) in [5.74, 6) is 0.350. The van der Waals surface area contributed by atoms with Gasteiger partial charge in [-0.3, -0.25) is 4.79 Å². The smallest absolute Gasteiger partial charge is 0.244 e. The molecule has 0 bridgehead atoms. The lowest BCUT2D eigenvalue weighted by Gasteiger charge is -2.17. The van der Waals surface area contributed by atoms with Gasteiger partial charge in [0.15, 0.2) is 0 Å². The van der Waals surface area contributed by atoms with E-state index in [4.69, 9.17) is 10.5 Å². The van der Waals surface area contributed by atoms with Crippen molar-refractivity contribution in [2.75, 3.05) is 12.4 Å². The van der Waals surface area contributed by atoms with E-state index in [-0.39, 0.29) is 0 Å². The molecule has 0 heterocycles. The first-order valence-electron chi connectivity index (χ1n) is 5.95. The third-order valence-corrected chi connectivity index (χ3v) is 2.82. The van der Waals surface area contributed by atoms with E-state index in [1.165, 1.54) is 0 Å². The van der Waals surface area contributed by atoms with Crippen LogP contribution in [-0.2, 0) is 4.79 Å². The molecule has 0 fully saturated rings. The predicted octanol–water partition coefficient (Wildman–Crippen LogP) is 2.33. The number of nitrogens with two attached hydrogens (primary N) is 1. The number of hydrogen-bond donors (Lipinski definition) is 2. The minimum absolute atomic E-state index is 0.415. The zero-order chi connectivity index (χ0) is 13.7. The van der Waals surface area contributed by atoms with Crippen LogP contribution in [0.2, 0.25) is 0 Å². The summed E-state index contributed by atoms with van der Waals surface area (Å²) >= 11 is 0. The highest BCUT2D eigenvalue weighted by Gasteiger charge is 2.16. The maximum absolute atomic E-state index is 11.6. The number of ether oxygens (including phenoxy) is 1. The van der Waals surface area contributed by atoms with Crippen LogP contribution in [0.5, 0.6) is 5.75 Å². The van der Waals surface area contributed by atoms with Gasteiger partial charge in [-0.25, -0.2) is 0 Å². The van der Waals surface area contributed by atoms with Crippen molar-refractivity contribution in [3.63, 3.8) is 0 Å². The van der Waals surface area contributed by atoms with Crippen LogP contribution < -0.4 is 15.8 Å². The molecule has 19 heavy (non-hydrogen) atoms. The molecule has 1 atom stereocenters. The predicted molar refractivity (Wildman–Crippen MR) is 75.0 cm³/mol. The number of carbonyl (C=O) groups is 1. The van der Waals surface area contributed by atoms with Crippen LogP contribution in [0, 0.1) is 0 Å². The summed E-state index contributed by atoms with van der Waals surface area (Å²) in [6.07, 6.45) is 0. The highest BCUT2D eigenvalue weighted by atomic mass is 16.5. The Balaban J connectivity index is 2.19. The number of primary amides is 1. The minimum Gasteiger partial charge on any atom is -0.497 e. The van der Waals surface area contributed by atoms with Crippen LogP contribution in [0.15, 0.2) is 54.6 Å². The van der Waals surface area contributed by atoms with Crippen molar-refractivity contribution in [2.24, 2.45) is 5.73 Å². The van der Waals surface area contributed by atoms with Gasteiger partial charge >= 0.3 is 0 Å². The van der Waals surface area contributed by atoms with Gasteiger partial charge in [-0.15, -0.1) is 0 Å². The topological polar surface area (TPSA) is 64.3 Å². The van der Waals surface area contributed by atoms with Crippen molar-refractivity contribution in [1.82, 2.24) is 0 Å². The Kier molecular flexibility index (Phi) is 4.03. The Hall–Kier alpha value is -2.49. The van der Waals surface area contributed by atoms with Crippen LogP contribution in [0.3, 0.4) is 0 Å². The fourth-order valence-corrected chi connectivity index (χ4v) is 1.82. The Morgan fingerprint density at radius 3 is 2.26 bits per heavy atom. The zero-order valence-electron chi connectivity index (χ0n) is 10.7. The number of benzene rings is 2. The molecule has 4 heteroatoms. The van der Waals surface area contributed by atoms with Crippen LogP contribution in [-0.4, -0.2) is 13.0 Å². The number of nitrogens with one attached hydrogen (secondary N) is 1. The molecule has 2 rings (SSSR count). The summed E-state index contributed by atoms with van der Waals surface area (Å²) < 4.78 is 5.09. The molecule has 2 aromatic carbocycles. The van der Waals surface area contributed by atoms with Gasteiger partial charge in [-0.2, -0.15) is 0 Å². The summed E-state index contributed by atoms with van der Waals surface area (Å²) in [7, 11) is 1.61. The average molecular weight is 256 g/mol. The Labute approximate surface area is 112 Å². The van der Waals surface area contributed by atoms with Gasteiger partial charge in [0.25, 0.3) is 0 Å². The van der Waals surface area contributed by atoms with Crippen molar-refractivity contribution in [1.29, 1.82) is 0 Å². The second kappa shape index (κ2) is 5.91. The summed E-state index contributed by atoms with van der Waals surface area (Å²) in [6, 6.07) is 16.2. The molecule has 2 aromatic rings. The third kappa shape index (κ3) is 3.25. The van der Waals surface area contributed by atoms with Crippen LogP contribution in [0.1, 0.15) is 11.6 Å². The van der Waals surface area contributed by atoms with Crippen molar-refractivity contribution in [3.8, 4) is 5.75 Å². The van der Waals surface area contributed by atoms with E-state index in [1.807, 2.05) is 54.6 Å². The Bertz CT molecular complexity index is 538. The summed E-state index contributed by atoms with van der Waals surface area (Å²) in [5.41, 5.74) is 7.10. The first-order chi connectivity index (χ1) is 9.20. The van der Waals surface area contributed by atoms with E-state index >= 15 is 0 Å². The molecule has 0 saturated carbocycles.